The lowest BCUT2D eigenvalue weighted by Gasteiger charge is -2.23. The number of carbonyl (C=O) groups is 2. The van der Waals surface area contributed by atoms with Gasteiger partial charge in [0.05, 0.1) is 19.3 Å². The molecule has 1 saturated heterocycles. The first kappa shape index (κ1) is 21.8. The van der Waals surface area contributed by atoms with Gasteiger partial charge in [-0.2, -0.15) is 0 Å². The van der Waals surface area contributed by atoms with Crippen molar-refractivity contribution < 1.29 is 19.1 Å². The number of nitrogens with zero attached hydrogens (tertiary/aromatic N) is 2. The van der Waals surface area contributed by atoms with Crippen LogP contribution in [-0.4, -0.2) is 65.6 Å². The summed E-state index contributed by atoms with van der Waals surface area (Å²) in [4.78, 5) is 34.9. The highest BCUT2D eigenvalue weighted by molar-refractivity contribution is 5.89. The molecule has 2 atom stereocenters. The molecule has 1 fully saturated rings. The highest BCUT2D eigenvalue weighted by atomic mass is 16.5. The molecule has 1 aliphatic rings. The topological polar surface area (TPSA) is 96.6 Å². The zero-order chi connectivity index (χ0) is 22.3. The normalized spacial score (nSPS) is 18.1. The second kappa shape index (κ2) is 10.3. The van der Waals surface area contributed by atoms with Gasteiger partial charge in [-0.3, -0.25) is 14.6 Å². The molecule has 0 bridgehead atoms. The molecule has 168 valence electrons. The fourth-order valence-corrected chi connectivity index (χ4v) is 4.13. The number of hydrogen-bond acceptors (Lipinski definition) is 5. The molecular formula is C24H28N4O4. The van der Waals surface area contributed by atoms with Gasteiger partial charge in [0, 0.05) is 49.8 Å². The summed E-state index contributed by atoms with van der Waals surface area (Å²) in [7, 11) is 1.58. The molecule has 2 aromatic heterocycles. The number of nitrogens with one attached hydrogen (secondary N) is 2. The summed E-state index contributed by atoms with van der Waals surface area (Å²) in [5.41, 5.74) is 2.15. The molecule has 0 saturated carbocycles. The Morgan fingerprint density at radius 1 is 1.25 bits per heavy atom. The number of amides is 2. The predicted octanol–water partition coefficient (Wildman–Crippen LogP) is 2.31. The molecule has 1 aliphatic heterocycles. The van der Waals surface area contributed by atoms with E-state index in [1.54, 1.807) is 30.5 Å². The van der Waals surface area contributed by atoms with Crippen molar-refractivity contribution in [3.63, 3.8) is 0 Å². The highest BCUT2D eigenvalue weighted by Gasteiger charge is 2.40. The van der Waals surface area contributed by atoms with E-state index in [1.165, 1.54) is 0 Å². The fourth-order valence-electron chi connectivity index (χ4n) is 4.13. The van der Waals surface area contributed by atoms with E-state index in [0.29, 0.717) is 44.7 Å². The molecular weight excluding hydrogens is 408 g/mol. The smallest absolute Gasteiger partial charge is 0.243 e. The number of rotatable bonds is 9. The van der Waals surface area contributed by atoms with Crippen LogP contribution in [0.4, 0.5) is 0 Å². The average Bonchev–Trinajstić information content (AvgIpc) is 3.43. The Labute approximate surface area is 186 Å². The van der Waals surface area contributed by atoms with Crippen molar-refractivity contribution in [1.82, 2.24) is 20.2 Å². The minimum absolute atomic E-state index is 0.0561. The Kier molecular flexibility index (Phi) is 7.01. The summed E-state index contributed by atoms with van der Waals surface area (Å²) in [6, 6.07) is 11.1. The lowest BCUT2D eigenvalue weighted by Crippen LogP contribution is -2.46. The monoisotopic (exact) mass is 436 g/mol. The van der Waals surface area contributed by atoms with Crippen molar-refractivity contribution in [2.75, 3.05) is 26.8 Å². The zero-order valence-corrected chi connectivity index (χ0v) is 18.1. The molecule has 0 radical (unpaired) electrons. The molecule has 8 heteroatoms. The molecule has 3 heterocycles. The summed E-state index contributed by atoms with van der Waals surface area (Å²) < 4.78 is 11.0. The zero-order valence-electron chi connectivity index (χ0n) is 18.1. The third kappa shape index (κ3) is 5.08. The number of carbonyl (C=O) groups excluding carboxylic acids is 2. The molecule has 2 N–H and O–H groups in total. The number of para-hydroxylation sites is 1. The highest BCUT2D eigenvalue weighted by Crippen LogP contribution is 2.25. The van der Waals surface area contributed by atoms with Crippen LogP contribution in [0.1, 0.15) is 18.4 Å². The van der Waals surface area contributed by atoms with Crippen LogP contribution in [0.3, 0.4) is 0 Å². The summed E-state index contributed by atoms with van der Waals surface area (Å²) in [6.45, 7) is 1.18. The lowest BCUT2D eigenvalue weighted by atomic mass is 10.1. The van der Waals surface area contributed by atoms with E-state index >= 15 is 0 Å². The van der Waals surface area contributed by atoms with Crippen LogP contribution in [0.5, 0.6) is 5.75 Å². The van der Waals surface area contributed by atoms with Crippen LogP contribution >= 0.6 is 0 Å². The quantitative estimate of drug-likeness (QED) is 0.502. The van der Waals surface area contributed by atoms with Crippen LogP contribution in [-0.2, 0) is 20.7 Å². The molecule has 3 aromatic rings. The summed E-state index contributed by atoms with van der Waals surface area (Å²) >= 11 is 0. The van der Waals surface area contributed by atoms with Crippen LogP contribution in [0.2, 0.25) is 0 Å². The van der Waals surface area contributed by atoms with Gasteiger partial charge >= 0.3 is 0 Å². The minimum Gasteiger partial charge on any atom is -0.487 e. The van der Waals surface area contributed by atoms with E-state index in [-0.39, 0.29) is 17.9 Å². The molecule has 0 unspecified atom stereocenters. The summed E-state index contributed by atoms with van der Waals surface area (Å²) in [6.07, 6.45) is 6.35. The number of methoxy groups -OCH3 is 1. The third-order valence-electron chi connectivity index (χ3n) is 5.71. The second-order valence-corrected chi connectivity index (χ2v) is 7.87. The first-order valence-electron chi connectivity index (χ1n) is 10.8. The van der Waals surface area contributed by atoms with Crippen molar-refractivity contribution in [2.45, 2.75) is 31.4 Å². The third-order valence-corrected chi connectivity index (χ3v) is 5.71. The Morgan fingerprint density at radius 2 is 2.12 bits per heavy atom. The average molecular weight is 437 g/mol. The molecule has 4 rings (SSSR count). The maximum atomic E-state index is 13.2. The van der Waals surface area contributed by atoms with Crippen LogP contribution in [0.25, 0.3) is 10.9 Å². The van der Waals surface area contributed by atoms with E-state index in [2.05, 4.69) is 15.3 Å². The molecule has 0 aliphatic carbocycles. The SMILES string of the molecule is COCCNC(=O)[C@@H]1C[C@H](Oc2cccnc2)CN1C(=O)CCc1c[nH]c2ccccc12. The molecule has 8 nitrogen and oxygen atoms in total. The number of H-pyrrole nitrogens is 1. The van der Waals surface area contributed by atoms with Gasteiger partial charge in [-0.1, -0.05) is 18.2 Å². The number of aromatic amines is 1. The van der Waals surface area contributed by atoms with Crippen molar-refractivity contribution in [3.8, 4) is 5.75 Å². The van der Waals surface area contributed by atoms with E-state index in [4.69, 9.17) is 9.47 Å². The number of aromatic nitrogens is 2. The predicted molar refractivity (Wildman–Crippen MR) is 120 cm³/mol. The van der Waals surface area contributed by atoms with Gasteiger partial charge < -0.3 is 24.7 Å². The molecule has 2 amide bonds. The van der Waals surface area contributed by atoms with Crippen LogP contribution in [0.15, 0.2) is 55.0 Å². The molecule has 1 aromatic carbocycles. The van der Waals surface area contributed by atoms with Gasteiger partial charge in [-0.05, 0) is 30.2 Å². The van der Waals surface area contributed by atoms with Gasteiger partial charge in [0.1, 0.15) is 17.9 Å². The Bertz CT molecular complexity index is 1050. The van der Waals surface area contributed by atoms with Crippen molar-refractivity contribution in [3.05, 3.63) is 60.6 Å². The van der Waals surface area contributed by atoms with E-state index in [9.17, 15) is 9.59 Å². The van der Waals surface area contributed by atoms with Crippen molar-refractivity contribution in [1.29, 1.82) is 0 Å². The number of pyridine rings is 1. The fraction of sp³-hybridized carbons (Fsp3) is 0.375. The number of aryl methyl sites for hydroxylation is 1. The Balaban J connectivity index is 1.43. The van der Waals surface area contributed by atoms with E-state index < -0.39 is 6.04 Å². The Morgan fingerprint density at radius 3 is 2.94 bits per heavy atom. The second-order valence-electron chi connectivity index (χ2n) is 7.87. The first-order valence-corrected chi connectivity index (χ1v) is 10.8. The maximum Gasteiger partial charge on any atom is 0.243 e. The molecule has 32 heavy (non-hydrogen) atoms. The molecule has 0 spiro atoms. The van der Waals surface area contributed by atoms with Crippen molar-refractivity contribution in [2.24, 2.45) is 0 Å². The van der Waals surface area contributed by atoms with Crippen molar-refractivity contribution >= 4 is 22.7 Å². The van der Waals surface area contributed by atoms with Crippen LogP contribution < -0.4 is 10.1 Å². The number of ether oxygens (including phenoxy) is 2. The summed E-state index contributed by atoms with van der Waals surface area (Å²) in [5, 5.41) is 3.98. The lowest BCUT2D eigenvalue weighted by molar-refractivity contribution is -0.138. The number of fused-ring (bicyclic) bond motifs is 1. The van der Waals surface area contributed by atoms with Gasteiger partial charge in [-0.25, -0.2) is 0 Å². The Hall–Kier alpha value is -3.39. The number of benzene rings is 1. The minimum atomic E-state index is -0.566. The van der Waals surface area contributed by atoms with Gasteiger partial charge in [-0.15, -0.1) is 0 Å². The van der Waals surface area contributed by atoms with Gasteiger partial charge in [0.2, 0.25) is 11.8 Å². The van der Waals surface area contributed by atoms with Gasteiger partial charge in [0.15, 0.2) is 0 Å². The van der Waals surface area contributed by atoms with E-state index in [0.717, 1.165) is 16.5 Å². The standard InChI is InChI=1S/C24H28N4O4/c1-31-12-11-26-24(30)22-13-19(32-18-5-4-10-25-15-18)16-28(22)23(29)9-8-17-14-27-21-7-3-2-6-20(17)21/h2-7,10,14-15,19,22,27H,8-9,11-13,16H2,1H3,(H,26,30)/t19-,22-/m0/s1. The number of likely N-dealkylation sites (tertiary alicyclic amines) is 1. The van der Waals surface area contributed by atoms with E-state index in [1.807, 2.05) is 36.5 Å². The number of hydrogen-bond donors (Lipinski definition) is 2. The summed E-state index contributed by atoms with van der Waals surface area (Å²) in [5.74, 6) is 0.392. The van der Waals surface area contributed by atoms with Gasteiger partial charge in [0.25, 0.3) is 0 Å². The van der Waals surface area contributed by atoms with Crippen LogP contribution in [0, 0.1) is 0 Å². The maximum absolute atomic E-state index is 13.2. The largest absolute Gasteiger partial charge is 0.487 e. The first-order chi connectivity index (χ1) is 15.7.